The lowest BCUT2D eigenvalue weighted by atomic mass is 10.1. The van der Waals surface area contributed by atoms with Crippen molar-refractivity contribution in [1.29, 1.82) is 0 Å². The molecular weight excluding hydrogens is 527 g/mol. The van der Waals surface area contributed by atoms with Gasteiger partial charge in [0.15, 0.2) is 5.96 Å². The molecule has 0 aromatic heterocycles. The van der Waals surface area contributed by atoms with E-state index in [0.717, 1.165) is 76.2 Å². The van der Waals surface area contributed by atoms with Crippen LogP contribution in [0.4, 0.5) is 0 Å². The first-order valence-corrected chi connectivity index (χ1v) is 11.6. The highest BCUT2D eigenvalue weighted by atomic mass is 127. The van der Waals surface area contributed by atoms with E-state index in [9.17, 15) is 0 Å². The number of piperidine rings is 1. The number of rotatable bonds is 9. The van der Waals surface area contributed by atoms with Crippen LogP contribution in [0.2, 0.25) is 5.02 Å². The van der Waals surface area contributed by atoms with Crippen molar-refractivity contribution in [3.05, 3.63) is 34.9 Å². The Morgan fingerprint density at radius 2 is 1.94 bits per heavy atom. The molecule has 2 aliphatic heterocycles. The Morgan fingerprint density at radius 3 is 2.58 bits per heavy atom. The summed E-state index contributed by atoms with van der Waals surface area (Å²) in [5.41, 5.74) is 1.27. The Kier molecular flexibility index (Phi) is 12.5. The van der Waals surface area contributed by atoms with Crippen LogP contribution < -0.4 is 5.32 Å². The molecule has 0 aliphatic carbocycles. The molecule has 31 heavy (non-hydrogen) atoms. The molecule has 2 heterocycles. The van der Waals surface area contributed by atoms with Gasteiger partial charge in [0.25, 0.3) is 0 Å². The lowest BCUT2D eigenvalue weighted by molar-refractivity contribution is 0.00986. The maximum Gasteiger partial charge on any atom is 0.193 e. The van der Waals surface area contributed by atoms with E-state index in [0.29, 0.717) is 12.1 Å². The first-order valence-electron chi connectivity index (χ1n) is 11.3. The largest absolute Gasteiger partial charge is 0.385 e. The van der Waals surface area contributed by atoms with Gasteiger partial charge in [0.05, 0.1) is 12.1 Å². The van der Waals surface area contributed by atoms with Crippen LogP contribution in [-0.2, 0) is 9.47 Å². The van der Waals surface area contributed by atoms with Crippen molar-refractivity contribution < 1.29 is 9.47 Å². The zero-order valence-corrected chi connectivity index (χ0v) is 22.0. The highest BCUT2D eigenvalue weighted by Gasteiger charge is 2.26. The molecule has 0 amide bonds. The highest BCUT2D eigenvalue weighted by molar-refractivity contribution is 14.0. The summed E-state index contributed by atoms with van der Waals surface area (Å²) < 4.78 is 11.1. The molecule has 1 aromatic rings. The molecule has 0 spiro atoms. The van der Waals surface area contributed by atoms with Crippen LogP contribution in [-0.4, -0.2) is 82.0 Å². The van der Waals surface area contributed by atoms with E-state index >= 15 is 0 Å². The Bertz CT molecular complexity index is 665. The van der Waals surface area contributed by atoms with Crippen molar-refractivity contribution in [2.45, 2.75) is 44.2 Å². The van der Waals surface area contributed by atoms with Crippen molar-refractivity contribution in [3.8, 4) is 0 Å². The first-order chi connectivity index (χ1) is 14.7. The fourth-order valence-electron chi connectivity index (χ4n) is 4.43. The maximum absolute atomic E-state index is 6.28. The van der Waals surface area contributed by atoms with E-state index in [4.69, 9.17) is 21.1 Å². The van der Waals surface area contributed by atoms with Gasteiger partial charge in [-0.3, -0.25) is 9.89 Å². The van der Waals surface area contributed by atoms with Gasteiger partial charge in [-0.05, 0) is 62.9 Å². The molecule has 1 unspecified atom stereocenters. The third kappa shape index (κ3) is 8.35. The van der Waals surface area contributed by atoms with E-state index in [-0.39, 0.29) is 24.0 Å². The van der Waals surface area contributed by atoms with Crippen molar-refractivity contribution in [2.24, 2.45) is 4.99 Å². The van der Waals surface area contributed by atoms with Crippen molar-refractivity contribution in [1.82, 2.24) is 15.1 Å². The molecule has 1 atom stereocenters. The van der Waals surface area contributed by atoms with Gasteiger partial charge in [-0.2, -0.15) is 0 Å². The second-order valence-corrected chi connectivity index (χ2v) is 8.58. The normalized spacial score (nSPS) is 19.3. The van der Waals surface area contributed by atoms with Gasteiger partial charge in [-0.25, -0.2) is 0 Å². The zero-order chi connectivity index (χ0) is 21.2. The Morgan fingerprint density at radius 1 is 1.19 bits per heavy atom. The van der Waals surface area contributed by atoms with Crippen LogP contribution >= 0.6 is 35.6 Å². The lowest BCUT2D eigenvalue weighted by Crippen LogP contribution is -2.49. The molecule has 0 bridgehead atoms. The molecule has 0 saturated carbocycles. The number of guanidine groups is 1. The molecule has 2 saturated heterocycles. The predicted molar refractivity (Wildman–Crippen MR) is 139 cm³/mol. The van der Waals surface area contributed by atoms with Gasteiger partial charge in [0.2, 0.25) is 0 Å². The fourth-order valence-corrected chi connectivity index (χ4v) is 4.63. The van der Waals surface area contributed by atoms with E-state index in [1.807, 2.05) is 19.2 Å². The number of nitrogens with zero attached hydrogens (tertiary/aromatic N) is 3. The second-order valence-electron chi connectivity index (χ2n) is 8.15. The summed E-state index contributed by atoms with van der Waals surface area (Å²) in [6, 6.07) is 8.59. The summed E-state index contributed by atoms with van der Waals surface area (Å²) >= 11 is 6.28. The fraction of sp³-hybridized carbons (Fsp3) is 0.696. The minimum atomic E-state index is 0. The van der Waals surface area contributed by atoms with Crippen LogP contribution in [0.15, 0.2) is 29.3 Å². The van der Waals surface area contributed by atoms with E-state index in [1.165, 1.54) is 18.4 Å². The van der Waals surface area contributed by atoms with Gasteiger partial charge in [-0.15, -0.1) is 24.0 Å². The number of aliphatic imine (C=N–C) groups is 1. The second kappa shape index (κ2) is 14.5. The Balaban J connectivity index is 0.00000341. The average molecular weight is 565 g/mol. The maximum atomic E-state index is 6.28. The van der Waals surface area contributed by atoms with Crippen LogP contribution in [0.3, 0.4) is 0 Å². The summed E-state index contributed by atoms with van der Waals surface area (Å²) in [5, 5.41) is 4.44. The molecule has 2 aliphatic rings. The number of halogens is 2. The number of hydrogen-bond donors (Lipinski definition) is 1. The van der Waals surface area contributed by atoms with Gasteiger partial charge >= 0.3 is 0 Å². The van der Waals surface area contributed by atoms with E-state index < -0.39 is 0 Å². The third-order valence-electron chi connectivity index (χ3n) is 6.07. The highest BCUT2D eigenvalue weighted by Crippen LogP contribution is 2.26. The van der Waals surface area contributed by atoms with Crippen LogP contribution in [0.5, 0.6) is 0 Å². The molecule has 1 N–H and O–H groups in total. The van der Waals surface area contributed by atoms with Crippen molar-refractivity contribution in [2.75, 3.05) is 60.1 Å². The zero-order valence-electron chi connectivity index (χ0n) is 18.9. The number of methoxy groups -OCH3 is 1. The monoisotopic (exact) mass is 564 g/mol. The molecule has 2 fully saturated rings. The average Bonchev–Trinajstić information content (AvgIpc) is 3.29. The Labute approximate surface area is 209 Å². The SMILES string of the molecule is CN=C(NCC(c1cccc(Cl)c1)N1CCCC1)N1CCC(OCCCOC)CC1.I. The number of benzene rings is 1. The van der Waals surface area contributed by atoms with E-state index in [1.54, 1.807) is 7.11 Å². The Hall–Kier alpha value is -0.610. The summed E-state index contributed by atoms with van der Waals surface area (Å²) in [4.78, 5) is 9.48. The van der Waals surface area contributed by atoms with Gasteiger partial charge in [0.1, 0.15) is 0 Å². The smallest absolute Gasteiger partial charge is 0.193 e. The molecular formula is C23H38ClIN4O2. The molecule has 176 valence electrons. The third-order valence-corrected chi connectivity index (χ3v) is 6.30. The lowest BCUT2D eigenvalue weighted by Gasteiger charge is -2.35. The summed E-state index contributed by atoms with van der Waals surface area (Å²) in [6.45, 7) is 6.61. The molecule has 3 rings (SSSR count). The standard InChI is InChI=1S/C23H37ClN4O2.HI/c1-25-23(28-13-9-21(10-14-28)30-16-6-15-29-2)26-18-22(27-11-3-4-12-27)19-7-5-8-20(24)17-19;/h5,7-8,17,21-22H,3-4,6,9-16,18H2,1-2H3,(H,25,26);1H. The molecule has 0 radical (unpaired) electrons. The van der Waals surface area contributed by atoms with Crippen molar-refractivity contribution >= 4 is 41.5 Å². The van der Waals surface area contributed by atoms with Gasteiger partial charge in [-0.1, -0.05) is 23.7 Å². The first kappa shape index (κ1) is 26.6. The van der Waals surface area contributed by atoms with Gasteiger partial charge in [0, 0.05) is 52.0 Å². The number of hydrogen-bond acceptors (Lipinski definition) is 4. The van der Waals surface area contributed by atoms with Gasteiger partial charge < -0.3 is 19.7 Å². The topological polar surface area (TPSA) is 49.3 Å². The quantitative estimate of drug-likeness (QED) is 0.211. The molecule has 8 heteroatoms. The van der Waals surface area contributed by atoms with Crippen LogP contribution in [0.1, 0.15) is 43.7 Å². The minimum Gasteiger partial charge on any atom is -0.385 e. The van der Waals surface area contributed by atoms with E-state index in [2.05, 4.69) is 32.2 Å². The van der Waals surface area contributed by atoms with Crippen molar-refractivity contribution in [3.63, 3.8) is 0 Å². The number of ether oxygens (including phenoxy) is 2. The number of likely N-dealkylation sites (tertiary alicyclic amines) is 2. The predicted octanol–water partition coefficient (Wildman–Crippen LogP) is 4.19. The van der Waals surface area contributed by atoms with Crippen LogP contribution in [0.25, 0.3) is 0 Å². The van der Waals surface area contributed by atoms with Crippen LogP contribution in [0, 0.1) is 0 Å². The summed E-state index contributed by atoms with van der Waals surface area (Å²) in [5.74, 6) is 0.985. The summed E-state index contributed by atoms with van der Waals surface area (Å²) in [7, 11) is 3.61. The summed E-state index contributed by atoms with van der Waals surface area (Å²) in [6.07, 6.45) is 5.92. The molecule has 1 aromatic carbocycles. The minimum absolute atomic E-state index is 0. The number of nitrogens with one attached hydrogen (secondary N) is 1. The molecule has 6 nitrogen and oxygen atoms in total.